The fraction of sp³-hybridized carbons (Fsp3) is 0.273. The number of carbonyl (C=O) groups excluding carboxylic acids is 2. The van der Waals surface area contributed by atoms with E-state index in [1.54, 1.807) is 26.8 Å². The van der Waals surface area contributed by atoms with Crippen LogP contribution in [0.15, 0.2) is 30.5 Å². The van der Waals surface area contributed by atoms with Crippen molar-refractivity contribution in [3.8, 4) is 0 Å². The molecule has 0 saturated carbocycles. The molecule has 30 heavy (non-hydrogen) atoms. The van der Waals surface area contributed by atoms with Gasteiger partial charge in [-0.15, -0.1) is 0 Å². The number of nitrogens with one attached hydrogen (secondary N) is 3. The number of aliphatic hydroxyl groups is 1. The van der Waals surface area contributed by atoms with Gasteiger partial charge in [0.15, 0.2) is 0 Å². The zero-order valence-corrected chi connectivity index (χ0v) is 17.1. The summed E-state index contributed by atoms with van der Waals surface area (Å²) < 4.78 is 19.0. The Hall–Kier alpha value is -3.39. The number of amides is 2. The minimum atomic E-state index is -0.700. The number of hydrogen-bond donors (Lipinski definition) is 4. The Balaban J connectivity index is 1.87. The average molecular weight is 413 g/mol. The maximum absolute atomic E-state index is 13.7. The van der Waals surface area contributed by atoms with E-state index < -0.39 is 11.9 Å². The van der Waals surface area contributed by atoms with Gasteiger partial charge in [0, 0.05) is 29.2 Å². The van der Waals surface area contributed by atoms with E-state index in [4.69, 9.17) is 4.74 Å². The molecule has 0 aliphatic carbocycles. The third-order valence-electron chi connectivity index (χ3n) is 4.94. The number of aromatic nitrogens is 1. The van der Waals surface area contributed by atoms with Gasteiger partial charge in [0.1, 0.15) is 17.7 Å². The molecule has 2 aromatic rings. The fourth-order valence-corrected chi connectivity index (χ4v) is 3.45. The first-order valence-electron chi connectivity index (χ1n) is 9.52. The number of halogens is 1. The second-order valence-corrected chi connectivity index (χ2v) is 7.01. The summed E-state index contributed by atoms with van der Waals surface area (Å²) in [6, 6.07) is 4.09. The van der Waals surface area contributed by atoms with Crippen LogP contribution in [0.3, 0.4) is 0 Å². The standard InChI is InChI=1S/C22H24FN3O4/c1-5-30-19(13(4)27)10-24-22(29)20-11(2)18(25-12(20)3)9-16-15-8-14(23)6-7-17(15)26-21(16)28/h6-9,19,25,27H,4-5,10H2,1-3H3,(H,24,29)(H,26,28)/b16-9-. The Labute approximate surface area is 173 Å². The maximum atomic E-state index is 13.7. The Kier molecular flexibility index (Phi) is 6.07. The summed E-state index contributed by atoms with van der Waals surface area (Å²) in [4.78, 5) is 28.2. The summed E-state index contributed by atoms with van der Waals surface area (Å²) in [5, 5.41) is 15.0. The molecule has 2 amide bonds. The molecule has 1 aliphatic rings. The van der Waals surface area contributed by atoms with E-state index in [0.717, 1.165) is 0 Å². The normalized spacial score (nSPS) is 15.1. The van der Waals surface area contributed by atoms with E-state index in [-0.39, 0.29) is 24.1 Å². The zero-order chi connectivity index (χ0) is 22.0. The number of aromatic amines is 1. The second-order valence-electron chi connectivity index (χ2n) is 7.01. The van der Waals surface area contributed by atoms with Gasteiger partial charge < -0.3 is 25.5 Å². The van der Waals surface area contributed by atoms with E-state index in [1.807, 2.05) is 0 Å². The Morgan fingerprint density at radius 1 is 1.40 bits per heavy atom. The van der Waals surface area contributed by atoms with Crippen molar-refractivity contribution in [3.63, 3.8) is 0 Å². The molecule has 0 radical (unpaired) electrons. The van der Waals surface area contributed by atoms with Gasteiger partial charge in [0.2, 0.25) is 0 Å². The van der Waals surface area contributed by atoms with Crippen LogP contribution >= 0.6 is 0 Å². The van der Waals surface area contributed by atoms with Crippen LogP contribution in [0.4, 0.5) is 10.1 Å². The molecule has 1 aromatic carbocycles. The number of benzene rings is 1. The Bertz CT molecular complexity index is 1050. The highest BCUT2D eigenvalue weighted by Crippen LogP contribution is 2.34. The molecule has 7 nitrogen and oxygen atoms in total. The number of carbonyl (C=O) groups is 2. The van der Waals surface area contributed by atoms with Crippen molar-refractivity contribution < 1.29 is 23.8 Å². The number of anilines is 1. The van der Waals surface area contributed by atoms with Gasteiger partial charge in [0.25, 0.3) is 11.8 Å². The Morgan fingerprint density at radius 2 is 2.13 bits per heavy atom. The minimum absolute atomic E-state index is 0.0670. The topological polar surface area (TPSA) is 103 Å². The van der Waals surface area contributed by atoms with Crippen molar-refractivity contribution in [2.45, 2.75) is 26.9 Å². The van der Waals surface area contributed by atoms with Gasteiger partial charge in [-0.25, -0.2) is 4.39 Å². The summed E-state index contributed by atoms with van der Waals surface area (Å²) in [7, 11) is 0. The smallest absolute Gasteiger partial charge is 0.256 e. The van der Waals surface area contributed by atoms with E-state index >= 15 is 0 Å². The average Bonchev–Trinajstić information content (AvgIpc) is 3.14. The molecule has 8 heteroatoms. The summed E-state index contributed by atoms with van der Waals surface area (Å²) >= 11 is 0. The minimum Gasteiger partial charge on any atom is -0.510 e. The van der Waals surface area contributed by atoms with Gasteiger partial charge >= 0.3 is 0 Å². The predicted octanol–water partition coefficient (Wildman–Crippen LogP) is 3.47. The quantitative estimate of drug-likeness (QED) is 0.412. The largest absolute Gasteiger partial charge is 0.510 e. The lowest BCUT2D eigenvalue weighted by Gasteiger charge is -2.16. The summed E-state index contributed by atoms with van der Waals surface area (Å²) in [5.41, 5.74) is 3.59. The van der Waals surface area contributed by atoms with Crippen molar-refractivity contribution in [1.29, 1.82) is 0 Å². The van der Waals surface area contributed by atoms with Gasteiger partial charge in [-0.1, -0.05) is 6.58 Å². The highest BCUT2D eigenvalue weighted by Gasteiger charge is 2.26. The van der Waals surface area contributed by atoms with Crippen LogP contribution in [0.1, 0.15) is 39.8 Å². The molecule has 0 bridgehead atoms. The first kappa shape index (κ1) is 21.3. The number of ether oxygens (including phenoxy) is 1. The summed E-state index contributed by atoms with van der Waals surface area (Å²) in [6.07, 6.45) is 0.909. The molecule has 158 valence electrons. The van der Waals surface area contributed by atoms with Crippen LogP contribution in [0, 0.1) is 19.7 Å². The van der Waals surface area contributed by atoms with Crippen LogP contribution in [0.5, 0.6) is 0 Å². The highest BCUT2D eigenvalue weighted by molar-refractivity contribution is 6.34. The molecule has 4 N–H and O–H groups in total. The summed E-state index contributed by atoms with van der Waals surface area (Å²) in [5.74, 6) is -1.29. The predicted molar refractivity (Wildman–Crippen MR) is 113 cm³/mol. The van der Waals surface area contributed by atoms with Crippen LogP contribution in [-0.4, -0.2) is 41.2 Å². The lowest BCUT2D eigenvalue weighted by Crippen LogP contribution is -2.35. The van der Waals surface area contributed by atoms with E-state index in [2.05, 4.69) is 22.2 Å². The number of aryl methyl sites for hydroxylation is 1. The van der Waals surface area contributed by atoms with Crippen LogP contribution in [0.2, 0.25) is 0 Å². The number of hydrogen-bond acceptors (Lipinski definition) is 4. The van der Waals surface area contributed by atoms with Crippen LogP contribution in [0.25, 0.3) is 11.6 Å². The highest BCUT2D eigenvalue weighted by atomic mass is 19.1. The molecule has 0 fully saturated rings. The molecule has 1 aromatic heterocycles. The number of fused-ring (bicyclic) bond motifs is 1. The van der Waals surface area contributed by atoms with E-state index in [0.29, 0.717) is 45.9 Å². The van der Waals surface area contributed by atoms with Crippen LogP contribution in [-0.2, 0) is 9.53 Å². The molecule has 1 unspecified atom stereocenters. The zero-order valence-electron chi connectivity index (χ0n) is 17.1. The second kappa shape index (κ2) is 8.54. The number of rotatable bonds is 7. The molecule has 2 heterocycles. The Morgan fingerprint density at radius 3 is 2.80 bits per heavy atom. The monoisotopic (exact) mass is 413 g/mol. The van der Waals surface area contributed by atoms with Crippen molar-refractivity contribution in [3.05, 3.63) is 64.4 Å². The molecular weight excluding hydrogens is 389 g/mol. The first-order chi connectivity index (χ1) is 14.2. The first-order valence-corrected chi connectivity index (χ1v) is 9.52. The fourth-order valence-electron chi connectivity index (χ4n) is 3.45. The lowest BCUT2D eigenvalue weighted by atomic mass is 10.0. The van der Waals surface area contributed by atoms with Gasteiger partial charge in [-0.3, -0.25) is 9.59 Å². The summed E-state index contributed by atoms with van der Waals surface area (Å²) in [6.45, 7) is 9.17. The molecule has 0 saturated heterocycles. The van der Waals surface area contributed by atoms with Gasteiger partial charge in [-0.05, 0) is 50.6 Å². The van der Waals surface area contributed by atoms with Gasteiger partial charge in [-0.2, -0.15) is 0 Å². The van der Waals surface area contributed by atoms with Crippen LogP contribution < -0.4 is 10.6 Å². The molecule has 1 aliphatic heterocycles. The van der Waals surface area contributed by atoms with Gasteiger partial charge in [0.05, 0.1) is 17.7 Å². The third-order valence-corrected chi connectivity index (χ3v) is 4.94. The third kappa shape index (κ3) is 4.13. The van der Waals surface area contributed by atoms with Crippen molar-refractivity contribution in [2.24, 2.45) is 0 Å². The molecule has 1 atom stereocenters. The number of H-pyrrole nitrogens is 1. The van der Waals surface area contributed by atoms with Crippen molar-refractivity contribution >= 4 is 29.2 Å². The van der Waals surface area contributed by atoms with E-state index in [1.165, 1.54) is 18.2 Å². The molecule has 0 spiro atoms. The SMILES string of the molecule is C=C(O)C(CNC(=O)c1c(C)[nH]c(/C=C2\C(=O)Nc3ccc(F)cc32)c1C)OCC. The van der Waals surface area contributed by atoms with E-state index in [9.17, 15) is 19.1 Å². The van der Waals surface area contributed by atoms with Crippen molar-refractivity contribution in [1.82, 2.24) is 10.3 Å². The lowest BCUT2D eigenvalue weighted by molar-refractivity contribution is -0.110. The number of aliphatic hydroxyl groups excluding tert-OH is 1. The maximum Gasteiger partial charge on any atom is 0.256 e. The van der Waals surface area contributed by atoms with Crippen molar-refractivity contribution in [2.75, 3.05) is 18.5 Å². The molecular formula is C22H24FN3O4. The molecule has 3 rings (SSSR count).